The maximum absolute atomic E-state index is 5.30. The number of hydrogen-bond donors (Lipinski definition) is 2. The fourth-order valence-electron chi connectivity index (χ4n) is 0.665. The van der Waals surface area contributed by atoms with Gasteiger partial charge in [0.15, 0.2) is 0 Å². The summed E-state index contributed by atoms with van der Waals surface area (Å²) in [5.74, 6) is 0. The molecule has 0 fully saturated rings. The molecule has 0 saturated heterocycles. The van der Waals surface area contributed by atoms with Crippen molar-refractivity contribution in [3.05, 3.63) is 0 Å². The number of nitrogens with two attached hydrogens (primary N) is 1. The van der Waals surface area contributed by atoms with Crippen LogP contribution < -0.4 is 11.1 Å². The topological polar surface area (TPSA) is 50.4 Å². The molecule has 0 heterocycles. The highest BCUT2D eigenvalue weighted by atomic mass is 14.9. The summed E-state index contributed by atoms with van der Waals surface area (Å²) in [6.07, 6.45) is 1.05. The molecular formula is C8H19N3. The van der Waals surface area contributed by atoms with Crippen molar-refractivity contribution >= 4 is 5.71 Å². The van der Waals surface area contributed by atoms with E-state index in [4.69, 9.17) is 5.73 Å². The number of hydrogen-bond acceptors (Lipinski definition) is 3. The van der Waals surface area contributed by atoms with Gasteiger partial charge in [0.1, 0.15) is 0 Å². The predicted octanol–water partition coefficient (Wildman–Crippen LogP) is 0.406. The second-order valence-corrected chi connectivity index (χ2v) is 2.51. The van der Waals surface area contributed by atoms with Gasteiger partial charge in [0.2, 0.25) is 0 Å². The Morgan fingerprint density at radius 3 is 2.73 bits per heavy atom. The molecule has 11 heavy (non-hydrogen) atoms. The van der Waals surface area contributed by atoms with E-state index in [0.717, 1.165) is 26.1 Å². The molecule has 3 nitrogen and oxygen atoms in total. The van der Waals surface area contributed by atoms with Gasteiger partial charge >= 0.3 is 0 Å². The number of aliphatic imine (C=N–C) groups is 1. The Bertz CT molecular complexity index is 110. The minimum absolute atomic E-state index is 0.705. The zero-order valence-electron chi connectivity index (χ0n) is 7.56. The number of nitrogens with zero attached hydrogens (tertiary/aromatic N) is 1. The van der Waals surface area contributed by atoms with Gasteiger partial charge in [-0.1, -0.05) is 6.92 Å². The van der Waals surface area contributed by atoms with Gasteiger partial charge < -0.3 is 11.1 Å². The maximum atomic E-state index is 5.30. The Kier molecular flexibility index (Phi) is 7.41. The molecule has 0 aliphatic heterocycles. The average Bonchev–Trinajstić information content (AvgIpc) is 2.04. The monoisotopic (exact) mass is 157 g/mol. The van der Waals surface area contributed by atoms with Crippen LogP contribution in [0.1, 0.15) is 20.3 Å². The molecule has 0 radical (unpaired) electrons. The van der Waals surface area contributed by atoms with E-state index in [2.05, 4.69) is 24.2 Å². The summed E-state index contributed by atoms with van der Waals surface area (Å²) in [5, 5.41) is 3.18. The number of nitrogens with one attached hydrogen (secondary N) is 1. The summed E-state index contributed by atoms with van der Waals surface area (Å²) in [6.45, 7) is 7.58. The Balaban J connectivity index is 3.12. The van der Waals surface area contributed by atoms with Crippen LogP contribution in [-0.4, -0.2) is 31.9 Å². The van der Waals surface area contributed by atoms with Crippen molar-refractivity contribution in [1.82, 2.24) is 5.32 Å². The molecule has 0 amide bonds. The molecule has 0 aromatic rings. The third-order valence-corrected chi connectivity index (χ3v) is 1.50. The SMILES string of the molecule is CCC(C)=NCCNCCN. The quantitative estimate of drug-likeness (QED) is 0.433. The molecule has 66 valence electrons. The van der Waals surface area contributed by atoms with E-state index in [1.165, 1.54) is 5.71 Å². The standard InChI is InChI=1S/C8H19N3/c1-3-8(2)11-7-6-10-5-4-9/h10H,3-7,9H2,1-2H3. The molecule has 0 aliphatic carbocycles. The van der Waals surface area contributed by atoms with Crippen LogP contribution in [0.2, 0.25) is 0 Å². The molecule has 0 spiro atoms. The summed E-state index contributed by atoms with van der Waals surface area (Å²) in [7, 11) is 0. The molecule has 3 heteroatoms. The van der Waals surface area contributed by atoms with Gasteiger partial charge in [-0.2, -0.15) is 0 Å². The van der Waals surface area contributed by atoms with Crippen molar-refractivity contribution in [2.24, 2.45) is 10.7 Å². The third kappa shape index (κ3) is 7.49. The smallest absolute Gasteiger partial charge is 0.0513 e. The lowest BCUT2D eigenvalue weighted by atomic mass is 10.3. The molecular weight excluding hydrogens is 138 g/mol. The first-order valence-corrected chi connectivity index (χ1v) is 4.22. The summed E-state index contributed by atoms with van der Waals surface area (Å²) >= 11 is 0. The van der Waals surface area contributed by atoms with Crippen molar-refractivity contribution in [3.63, 3.8) is 0 Å². The second kappa shape index (κ2) is 7.69. The molecule has 0 saturated carbocycles. The Labute approximate surface area is 69.1 Å². The molecule has 0 bridgehead atoms. The lowest BCUT2D eigenvalue weighted by Crippen LogP contribution is -2.24. The minimum atomic E-state index is 0.705. The minimum Gasteiger partial charge on any atom is -0.329 e. The summed E-state index contributed by atoms with van der Waals surface area (Å²) in [5.41, 5.74) is 6.52. The first-order valence-electron chi connectivity index (χ1n) is 4.22. The van der Waals surface area contributed by atoms with E-state index in [0.29, 0.717) is 6.54 Å². The van der Waals surface area contributed by atoms with E-state index in [9.17, 15) is 0 Å². The lowest BCUT2D eigenvalue weighted by molar-refractivity contribution is 0.696. The van der Waals surface area contributed by atoms with Gasteiger partial charge in [0, 0.05) is 25.3 Å². The highest BCUT2D eigenvalue weighted by Crippen LogP contribution is 1.82. The van der Waals surface area contributed by atoms with Crippen LogP contribution in [0.25, 0.3) is 0 Å². The third-order valence-electron chi connectivity index (χ3n) is 1.50. The zero-order chi connectivity index (χ0) is 8.53. The van der Waals surface area contributed by atoms with Gasteiger partial charge in [-0.3, -0.25) is 4.99 Å². The van der Waals surface area contributed by atoms with Crippen LogP contribution in [0.4, 0.5) is 0 Å². The largest absolute Gasteiger partial charge is 0.329 e. The summed E-state index contributed by atoms with van der Waals surface area (Å²) < 4.78 is 0. The van der Waals surface area contributed by atoms with E-state index >= 15 is 0 Å². The van der Waals surface area contributed by atoms with Crippen LogP contribution in [0, 0.1) is 0 Å². The average molecular weight is 157 g/mol. The fourth-order valence-corrected chi connectivity index (χ4v) is 0.665. The van der Waals surface area contributed by atoms with E-state index in [1.807, 2.05) is 0 Å². The molecule has 0 aromatic carbocycles. The van der Waals surface area contributed by atoms with Crippen LogP contribution in [0.3, 0.4) is 0 Å². The van der Waals surface area contributed by atoms with Gasteiger partial charge in [-0.25, -0.2) is 0 Å². The van der Waals surface area contributed by atoms with Crippen LogP contribution >= 0.6 is 0 Å². The Morgan fingerprint density at radius 2 is 2.18 bits per heavy atom. The fraction of sp³-hybridized carbons (Fsp3) is 0.875. The second-order valence-electron chi connectivity index (χ2n) is 2.51. The van der Waals surface area contributed by atoms with E-state index < -0.39 is 0 Å². The summed E-state index contributed by atoms with van der Waals surface area (Å²) in [4.78, 5) is 4.33. The molecule has 0 aliphatic rings. The van der Waals surface area contributed by atoms with Crippen LogP contribution in [0.5, 0.6) is 0 Å². The predicted molar refractivity (Wildman–Crippen MR) is 50.2 cm³/mol. The molecule has 0 aromatic heterocycles. The van der Waals surface area contributed by atoms with Crippen molar-refractivity contribution in [3.8, 4) is 0 Å². The molecule has 0 rings (SSSR count). The van der Waals surface area contributed by atoms with Crippen LogP contribution in [0.15, 0.2) is 4.99 Å². The number of rotatable bonds is 6. The summed E-state index contributed by atoms with van der Waals surface area (Å²) in [6, 6.07) is 0. The van der Waals surface area contributed by atoms with Crippen molar-refractivity contribution in [2.75, 3.05) is 26.2 Å². The Morgan fingerprint density at radius 1 is 1.45 bits per heavy atom. The van der Waals surface area contributed by atoms with Crippen molar-refractivity contribution in [2.45, 2.75) is 20.3 Å². The molecule has 0 unspecified atom stereocenters. The lowest BCUT2D eigenvalue weighted by Gasteiger charge is -1.99. The van der Waals surface area contributed by atoms with E-state index in [1.54, 1.807) is 0 Å². The van der Waals surface area contributed by atoms with Gasteiger partial charge in [-0.15, -0.1) is 0 Å². The van der Waals surface area contributed by atoms with Gasteiger partial charge in [0.25, 0.3) is 0 Å². The highest BCUT2D eigenvalue weighted by Gasteiger charge is 1.85. The first-order chi connectivity index (χ1) is 5.31. The maximum Gasteiger partial charge on any atom is 0.0513 e. The first kappa shape index (κ1) is 10.6. The van der Waals surface area contributed by atoms with Crippen molar-refractivity contribution < 1.29 is 0 Å². The van der Waals surface area contributed by atoms with Crippen molar-refractivity contribution in [1.29, 1.82) is 0 Å². The molecule has 0 atom stereocenters. The van der Waals surface area contributed by atoms with Crippen LogP contribution in [-0.2, 0) is 0 Å². The molecule has 3 N–H and O–H groups in total. The van der Waals surface area contributed by atoms with E-state index in [-0.39, 0.29) is 0 Å². The normalized spacial score (nSPS) is 12.1. The van der Waals surface area contributed by atoms with Gasteiger partial charge in [-0.05, 0) is 13.3 Å². The Hall–Kier alpha value is -0.410. The highest BCUT2D eigenvalue weighted by molar-refractivity contribution is 5.81. The zero-order valence-corrected chi connectivity index (χ0v) is 7.56. The van der Waals surface area contributed by atoms with Gasteiger partial charge in [0.05, 0.1) is 6.54 Å².